The molecule has 0 unspecified atom stereocenters. The van der Waals surface area contributed by atoms with Crippen molar-refractivity contribution in [3.63, 3.8) is 0 Å². The molecule has 1 fully saturated rings. The number of nitrogens with one attached hydrogen (secondary N) is 1. The number of hydrogen-bond donors (Lipinski definition) is 1. The highest BCUT2D eigenvalue weighted by atomic mass is 32.1. The summed E-state index contributed by atoms with van der Waals surface area (Å²) in [6.07, 6.45) is 2.67. The summed E-state index contributed by atoms with van der Waals surface area (Å²) < 4.78 is 18.2. The van der Waals surface area contributed by atoms with Crippen LogP contribution < -0.4 is 10.2 Å². The Morgan fingerprint density at radius 3 is 2.63 bits per heavy atom. The molecule has 3 aromatic rings. The van der Waals surface area contributed by atoms with Crippen molar-refractivity contribution in [1.82, 2.24) is 14.7 Å². The number of benzene rings is 2. The molecule has 0 atom stereocenters. The highest BCUT2D eigenvalue weighted by molar-refractivity contribution is 7.09. The van der Waals surface area contributed by atoms with Gasteiger partial charge in [0.15, 0.2) is 0 Å². The van der Waals surface area contributed by atoms with Gasteiger partial charge in [-0.3, -0.25) is 4.79 Å². The van der Waals surface area contributed by atoms with Crippen molar-refractivity contribution < 1.29 is 9.18 Å². The summed E-state index contributed by atoms with van der Waals surface area (Å²) >= 11 is 1.45. The Kier molecular flexibility index (Phi) is 6.38. The lowest BCUT2D eigenvalue weighted by Gasteiger charge is -2.31. The van der Waals surface area contributed by atoms with Crippen molar-refractivity contribution in [1.29, 1.82) is 0 Å². The summed E-state index contributed by atoms with van der Waals surface area (Å²) in [5.74, 6) is 0.415. The molecule has 2 heterocycles. The Morgan fingerprint density at radius 1 is 1.17 bits per heavy atom. The Morgan fingerprint density at radius 2 is 1.90 bits per heavy atom. The van der Waals surface area contributed by atoms with Gasteiger partial charge in [0.2, 0.25) is 5.13 Å². The van der Waals surface area contributed by atoms with Crippen molar-refractivity contribution >= 4 is 22.6 Å². The van der Waals surface area contributed by atoms with E-state index in [1.54, 1.807) is 12.1 Å². The van der Waals surface area contributed by atoms with Gasteiger partial charge in [0.25, 0.3) is 5.91 Å². The summed E-state index contributed by atoms with van der Waals surface area (Å²) in [5.41, 5.74) is 2.57. The molecular weight excluding hydrogens is 399 g/mol. The van der Waals surface area contributed by atoms with E-state index in [2.05, 4.69) is 45.8 Å². The Hall–Kier alpha value is -2.80. The molecule has 1 N–H and O–H groups in total. The molecule has 0 saturated carbocycles. The quantitative estimate of drug-likeness (QED) is 0.644. The minimum Gasteiger partial charge on any atom is -0.352 e. The van der Waals surface area contributed by atoms with Gasteiger partial charge in [-0.25, -0.2) is 9.37 Å². The molecule has 1 aromatic heterocycles. The average molecular weight is 425 g/mol. The van der Waals surface area contributed by atoms with Gasteiger partial charge in [-0.05, 0) is 43.4 Å². The van der Waals surface area contributed by atoms with Crippen molar-refractivity contribution in [2.75, 3.05) is 24.5 Å². The molecule has 0 radical (unpaired) electrons. The van der Waals surface area contributed by atoms with Crippen LogP contribution in [0.2, 0.25) is 0 Å². The Bertz CT molecular complexity index is 996. The van der Waals surface area contributed by atoms with Crippen molar-refractivity contribution in [3.05, 3.63) is 76.9 Å². The summed E-state index contributed by atoms with van der Waals surface area (Å²) in [5, 5.41) is 3.84. The molecule has 1 amide bonds. The number of piperidine rings is 1. The number of aryl methyl sites for hydroxylation is 1. The van der Waals surface area contributed by atoms with E-state index in [9.17, 15) is 9.18 Å². The molecule has 5 nitrogen and oxygen atoms in total. The SMILES string of the molecule is Cc1ccc(Cc2nsc(N3CCC(CNC(=O)c4ccccc4F)CC3)n2)cc1. The maximum absolute atomic E-state index is 13.7. The molecule has 1 aliphatic heterocycles. The third-order valence-electron chi connectivity index (χ3n) is 5.50. The van der Waals surface area contributed by atoms with Crippen LogP contribution in [0, 0.1) is 18.7 Å². The van der Waals surface area contributed by atoms with Crippen LogP contribution in [0.25, 0.3) is 0 Å². The van der Waals surface area contributed by atoms with Gasteiger partial charge < -0.3 is 10.2 Å². The lowest BCUT2D eigenvalue weighted by atomic mass is 9.97. The first kappa shape index (κ1) is 20.5. The lowest BCUT2D eigenvalue weighted by Crippen LogP contribution is -2.38. The van der Waals surface area contributed by atoms with Gasteiger partial charge in [0.05, 0.1) is 5.56 Å². The van der Waals surface area contributed by atoms with Crippen LogP contribution in [0.15, 0.2) is 48.5 Å². The van der Waals surface area contributed by atoms with Crippen LogP contribution in [0.1, 0.15) is 40.2 Å². The molecular formula is C23H25FN4OS. The predicted molar refractivity (Wildman–Crippen MR) is 118 cm³/mol. The largest absolute Gasteiger partial charge is 0.352 e. The van der Waals surface area contributed by atoms with E-state index >= 15 is 0 Å². The van der Waals surface area contributed by atoms with E-state index in [0.717, 1.165) is 43.3 Å². The summed E-state index contributed by atoms with van der Waals surface area (Å²) in [6, 6.07) is 14.5. The zero-order chi connectivity index (χ0) is 20.9. The number of hydrogen-bond acceptors (Lipinski definition) is 5. The number of amides is 1. The molecule has 156 valence electrons. The first-order valence-corrected chi connectivity index (χ1v) is 11.0. The van der Waals surface area contributed by atoms with Crippen LogP contribution in [0.4, 0.5) is 9.52 Å². The van der Waals surface area contributed by atoms with E-state index < -0.39 is 5.82 Å². The lowest BCUT2D eigenvalue weighted by molar-refractivity contribution is 0.0941. The Balaban J connectivity index is 1.25. The van der Waals surface area contributed by atoms with Gasteiger partial charge in [0, 0.05) is 37.6 Å². The molecule has 0 spiro atoms. The van der Waals surface area contributed by atoms with E-state index in [-0.39, 0.29) is 11.5 Å². The molecule has 1 saturated heterocycles. The zero-order valence-corrected chi connectivity index (χ0v) is 17.8. The minimum absolute atomic E-state index is 0.102. The molecule has 2 aromatic carbocycles. The molecule has 1 aliphatic rings. The fraction of sp³-hybridized carbons (Fsp3) is 0.348. The molecule has 0 bridgehead atoms. The smallest absolute Gasteiger partial charge is 0.254 e. The maximum Gasteiger partial charge on any atom is 0.254 e. The van der Waals surface area contributed by atoms with Crippen LogP contribution in [-0.4, -0.2) is 34.9 Å². The van der Waals surface area contributed by atoms with E-state index in [0.29, 0.717) is 12.5 Å². The second-order valence-corrected chi connectivity index (χ2v) is 8.51. The molecule has 7 heteroatoms. The van der Waals surface area contributed by atoms with Crippen LogP contribution >= 0.6 is 11.5 Å². The van der Waals surface area contributed by atoms with Gasteiger partial charge >= 0.3 is 0 Å². The van der Waals surface area contributed by atoms with E-state index in [1.807, 2.05) is 0 Å². The van der Waals surface area contributed by atoms with Crippen molar-refractivity contribution in [2.45, 2.75) is 26.2 Å². The van der Waals surface area contributed by atoms with Gasteiger partial charge in [-0.1, -0.05) is 42.0 Å². The number of halogens is 1. The van der Waals surface area contributed by atoms with E-state index in [4.69, 9.17) is 4.98 Å². The topological polar surface area (TPSA) is 58.1 Å². The molecule has 4 rings (SSSR count). The number of anilines is 1. The third kappa shape index (κ3) is 5.02. The van der Waals surface area contributed by atoms with Gasteiger partial charge in [0.1, 0.15) is 11.6 Å². The summed E-state index contributed by atoms with van der Waals surface area (Å²) in [4.78, 5) is 19.2. The highest BCUT2D eigenvalue weighted by Crippen LogP contribution is 2.25. The Labute approximate surface area is 180 Å². The van der Waals surface area contributed by atoms with Crippen LogP contribution in [0.5, 0.6) is 0 Å². The highest BCUT2D eigenvalue weighted by Gasteiger charge is 2.23. The van der Waals surface area contributed by atoms with E-state index in [1.165, 1.54) is 34.8 Å². The molecule has 30 heavy (non-hydrogen) atoms. The minimum atomic E-state index is -0.484. The summed E-state index contributed by atoms with van der Waals surface area (Å²) in [7, 11) is 0. The monoisotopic (exact) mass is 424 g/mol. The zero-order valence-electron chi connectivity index (χ0n) is 17.0. The molecule has 0 aliphatic carbocycles. The number of carbonyl (C=O) groups is 1. The maximum atomic E-state index is 13.7. The predicted octanol–water partition coefficient (Wildman–Crippen LogP) is 4.22. The first-order chi connectivity index (χ1) is 14.6. The van der Waals surface area contributed by atoms with Crippen LogP contribution in [0.3, 0.4) is 0 Å². The number of rotatable bonds is 6. The third-order valence-corrected chi connectivity index (χ3v) is 6.31. The normalized spacial score (nSPS) is 14.7. The second-order valence-electron chi connectivity index (χ2n) is 7.78. The standard InChI is InChI=1S/C23H25FN4OS/c1-16-6-8-17(9-7-16)14-21-26-23(30-27-21)28-12-10-18(11-13-28)15-25-22(29)19-4-2-3-5-20(19)24/h2-9,18H,10-15H2,1H3,(H,25,29). The summed E-state index contributed by atoms with van der Waals surface area (Å²) in [6.45, 7) is 4.42. The number of nitrogens with zero attached hydrogens (tertiary/aromatic N) is 3. The van der Waals surface area contributed by atoms with Crippen LogP contribution in [-0.2, 0) is 6.42 Å². The van der Waals surface area contributed by atoms with Gasteiger partial charge in [-0.2, -0.15) is 4.37 Å². The second kappa shape index (κ2) is 9.34. The van der Waals surface area contributed by atoms with Crippen molar-refractivity contribution in [2.24, 2.45) is 5.92 Å². The van der Waals surface area contributed by atoms with Gasteiger partial charge in [-0.15, -0.1) is 0 Å². The average Bonchev–Trinajstić information content (AvgIpc) is 3.23. The number of carbonyl (C=O) groups excluding carboxylic acids is 1. The fourth-order valence-corrected chi connectivity index (χ4v) is 4.38. The fourth-order valence-electron chi connectivity index (χ4n) is 3.64. The van der Waals surface area contributed by atoms with Crippen molar-refractivity contribution in [3.8, 4) is 0 Å². The number of aromatic nitrogens is 2. The first-order valence-electron chi connectivity index (χ1n) is 10.2.